The van der Waals surface area contributed by atoms with Crippen LogP contribution in [0.2, 0.25) is 5.02 Å². The average Bonchev–Trinajstić information content (AvgIpc) is 2.76. The van der Waals surface area contributed by atoms with Crippen molar-refractivity contribution in [1.82, 2.24) is 0 Å². The number of ketones is 1. The summed E-state index contributed by atoms with van der Waals surface area (Å²) in [5.41, 5.74) is 0.377. The van der Waals surface area contributed by atoms with Gasteiger partial charge in [-0.25, -0.2) is 0 Å². The minimum Gasteiger partial charge on any atom is -0.496 e. The highest BCUT2D eigenvalue weighted by Crippen LogP contribution is 2.42. The first-order valence-corrected chi connectivity index (χ1v) is 6.33. The molecule has 17 heavy (non-hydrogen) atoms. The minimum atomic E-state index is -0.238. The van der Waals surface area contributed by atoms with Gasteiger partial charge >= 0.3 is 0 Å². The van der Waals surface area contributed by atoms with Crippen molar-refractivity contribution in [3.05, 3.63) is 28.8 Å². The van der Waals surface area contributed by atoms with Gasteiger partial charge in [-0.1, -0.05) is 31.4 Å². The summed E-state index contributed by atoms with van der Waals surface area (Å²) in [6.07, 6.45) is 4.18. The number of hydrogen-bond donors (Lipinski definition) is 0. The summed E-state index contributed by atoms with van der Waals surface area (Å²) >= 11 is 5.96. The number of carbonyl (C=O) groups is 1. The molecule has 0 spiro atoms. The highest BCUT2D eigenvalue weighted by atomic mass is 35.5. The number of carbonyl (C=O) groups excluding carboxylic acids is 1. The highest BCUT2D eigenvalue weighted by Gasteiger charge is 2.37. The highest BCUT2D eigenvalue weighted by molar-refractivity contribution is 6.31. The van der Waals surface area contributed by atoms with Crippen molar-refractivity contribution in [1.29, 1.82) is 0 Å². The van der Waals surface area contributed by atoms with Gasteiger partial charge in [-0.3, -0.25) is 4.79 Å². The van der Waals surface area contributed by atoms with Gasteiger partial charge in [-0.15, -0.1) is 0 Å². The maximum Gasteiger partial charge on any atom is 0.172 e. The van der Waals surface area contributed by atoms with E-state index in [4.69, 9.17) is 16.3 Å². The summed E-state index contributed by atoms with van der Waals surface area (Å²) in [7, 11) is 1.58. The summed E-state index contributed by atoms with van der Waals surface area (Å²) < 4.78 is 5.25. The maximum absolute atomic E-state index is 12.6. The zero-order chi connectivity index (χ0) is 12.5. The molecule has 1 aromatic carbocycles. The van der Waals surface area contributed by atoms with E-state index in [1.54, 1.807) is 25.3 Å². The van der Waals surface area contributed by atoms with Crippen molar-refractivity contribution in [3.63, 3.8) is 0 Å². The zero-order valence-corrected chi connectivity index (χ0v) is 11.0. The Morgan fingerprint density at radius 2 is 2.00 bits per heavy atom. The Labute approximate surface area is 107 Å². The third-order valence-corrected chi connectivity index (χ3v) is 3.90. The molecule has 2 rings (SSSR count). The van der Waals surface area contributed by atoms with E-state index in [-0.39, 0.29) is 11.2 Å². The van der Waals surface area contributed by atoms with Crippen LogP contribution in [0.4, 0.5) is 0 Å². The Kier molecular flexibility index (Phi) is 3.43. The molecule has 1 saturated carbocycles. The quantitative estimate of drug-likeness (QED) is 0.757. The number of methoxy groups -OCH3 is 1. The predicted molar refractivity (Wildman–Crippen MR) is 68.9 cm³/mol. The molecule has 0 radical (unpaired) electrons. The number of halogens is 1. The van der Waals surface area contributed by atoms with Crippen LogP contribution in [-0.2, 0) is 0 Å². The van der Waals surface area contributed by atoms with Crippen LogP contribution in [0.15, 0.2) is 18.2 Å². The van der Waals surface area contributed by atoms with Crippen LogP contribution in [0, 0.1) is 5.41 Å². The molecular formula is C14H17ClO2. The monoisotopic (exact) mass is 252 g/mol. The number of Topliss-reactive ketones (excluding diaryl/α,β-unsaturated/α-hetero) is 1. The number of benzene rings is 1. The molecule has 0 N–H and O–H groups in total. The fourth-order valence-corrected chi connectivity index (χ4v) is 2.74. The summed E-state index contributed by atoms with van der Waals surface area (Å²) in [5, 5.41) is 0.579. The van der Waals surface area contributed by atoms with Crippen LogP contribution in [0.25, 0.3) is 0 Å². The van der Waals surface area contributed by atoms with E-state index in [9.17, 15) is 4.79 Å². The summed E-state index contributed by atoms with van der Waals surface area (Å²) in [5.74, 6) is 0.780. The lowest BCUT2D eigenvalue weighted by molar-refractivity contribution is 0.0820. The van der Waals surface area contributed by atoms with Gasteiger partial charge in [0.15, 0.2) is 5.78 Å². The maximum atomic E-state index is 12.6. The Hall–Kier alpha value is -1.02. The molecule has 0 saturated heterocycles. The van der Waals surface area contributed by atoms with Gasteiger partial charge in [0.2, 0.25) is 0 Å². The Bertz CT molecular complexity index is 434. The second-order valence-electron chi connectivity index (χ2n) is 4.94. The third kappa shape index (κ3) is 2.32. The molecule has 1 fully saturated rings. The first kappa shape index (κ1) is 12.4. The first-order chi connectivity index (χ1) is 8.07. The van der Waals surface area contributed by atoms with Crippen molar-refractivity contribution in [2.24, 2.45) is 5.41 Å². The van der Waals surface area contributed by atoms with Gasteiger partial charge < -0.3 is 4.74 Å². The Balaban J connectivity index is 2.39. The second kappa shape index (κ2) is 4.69. The SMILES string of the molecule is COc1ccc(Cl)cc1C(=O)C1(C)CCCC1. The van der Waals surface area contributed by atoms with E-state index >= 15 is 0 Å². The molecule has 0 heterocycles. The van der Waals surface area contributed by atoms with E-state index < -0.39 is 0 Å². The van der Waals surface area contributed by atoms with Crippen LogP contribution in [0.3, 0.4) is 0 Å². The summed E-state index contributed by atoms with van der Waals surface area (Å²) in [4.78, 5) is 12.6. The lowest BCUT2D eigenvalue weighted by Gasteiger charge is -2.22. The molecule has 0 unspecified atom stereocenters. The third-order valence-electron chi connectivity index (χ3n) is 3.66. The fourth-order valence-electron chi connectivity index (χ4n) is 2.57. The molecule has 3 heteroatoms. The summed E-state index contributed by atoms with van der Waals surface area (Å²) in [6.45, 7) is 2.04. The lowest BCUT2D eigenvalue weighted by atomic mass is 9.80. The molecule has 1 aromatic rings. The second-order valence-corrected chi connectivity index (χ2v) is 5.38. The van der Waals surface area contributed by atoms with Crippen LogP contribution in [-0.4, -0.2) is 12.9 Å². The van der Waals surface area contributed by atoms with Crippen molar-refractivity contribution >= 4 is 17.4 Å². The molecular weight excluding hydrogens is 236 g/mol. The number of ether oxygens (including phenoxy) is 1. The molecule has 1 aliphatic carbocycles. The molecule has 1 aliphatic rings. The first-order valence-electron chi connectivity index (χ1n) is 5.95. The summed E-state index contributed by atoms with van der Waals surface area (Å²) in [6, 6.07) is 5.22. The smallest absolute Gasteiger partial charge is 0.172 e. The van der Waals surface area contributed by atoms with Crippen LogP contribution < -0.4 is 4.74 Å². The zero-order valence-electron chi connectivity index (χ0n) is 10.3. The Morgan fingerprint density at radius 1 is 1.35 bits per heavy atom. The van der Waals surface area contributed by atoms with Gasteiger partial charge in [0.1, 0.15) is 5.75 Å². The standard InChI is InChI=1S/C14H17ClO2/c1-14(7-3-4-8-14)13(16)11-9-10(15)5-6-12(11)17-2/h5-6,9H,3-4,7-8H2,1-2H3. The van der Waals surface area contributed by atoms with E-state index in [0.29, 0.717) is 16.3 Å². The lowest BCUT2D eigenvalue weighted by Crippen LogP contribution is -2.24. The van der Waals surface area contributed by atoms with Gasteiger partial charge in [-0.05, 0) is 31.0 Å². The van der Waals surface area contributed by atoms with Crippen molar-refractivity contribution in [3.8, 4) is 5.75 Å². The molecule has 0 amide bonds. The van der Waals surface area contributed by atoms with Gasteiger partial charge in [-0.2, -0.15) is 0 Å². The van der Waals surface area contributed by atoms with E-state index in [0.717, 1.165) is 25.7 Å². The molecule has 92 valence electrons. The number of hydrogen-bond acceptors (Lipinski definition) is 2. The van der Waals surface area contributed by atoms with E-state index in [1.165, 1.54) is 0 Å². The van der Waals surface area contributed by atoms with Crippen LogP contribution in [0.1, 0.15) is 43.0 Å². The van der Waals surface area contributed by atoms with Gasteiger partial charge in [0.05, 0.1) is 12.7 Å². The van der Waals surface area contributed by atoms with Crippen LogP contribution >= 0.6 is 11.6 Å². The van der Waals surface area contributed by atoms with Crippen molar-refractivity contribution in [2.75, 3.05) is 7.11 Å². The van der Waals surface area contributed by atoms with Crippen molar-refractivity contribution in [2.45, 2.75) is 32.6 Å². The van der Waals surface area contributed by atoms with E-state index in [2.05, 4.69) is 0 Å². The molecule has 0 aromatic heterocycles. The fraction of sp³-hybridized carbons (Fsp3) is 0.500. The average molecular weight is 253 g/mol. The predicted octanol–water partition coefficient (Wildman–Crippen LogP) is 4.11. The Morgan fingerprint density at radius 3 is 2.59 bits per heavy atom. The molecule has 0 aliphatic heterocycles. The van der Waals surface area contributed by atoms with E-state index in [1.807, 2.05) is 6.92 Å². The number of rotatable bonds is 3. The van der Waals surface area contributed by atoms with Crippen LogP contribution in [0.5, 0.6) is 5.75 Å². The topological polar surface area (TPSA) is 26.3 Å². The molecule has 0 atom stereocenters. The minimum absolute atomic E-state index is 0.161. The van der Waals surface area contributed by atoms with Gasteiger partial charge in [0.25, 0.3) is 0 Å². The largest absolute Gasteiger partial charge is 0.496 e. The molecule has 2 nitrogen and oxygen atoms in total. The molecule has 0 bridgehead atoms. The normalized spacial score (nSPS) is 18.1. The van der Waals surface area contributed by atoms with Gasteiger partial charge in [0, 0.05) is 10.4 Å². The van der Waals surface area contributed by atoms with Crippen molar-refractivity contribution < 1.29 is 9.53 Å².